The summed E-state index contributed by atoms with van der Waals surface area (Å²) in [5.41, 5.74) is -1.16. The molecule has 1 amide bonds. The number of anilines is 1. The second kappa shape index (κ2) is 7.03. The fourth-order valence-corrected chi connectivity index (χ4v) is 3.30. The Morgan fingerprint density at radius 1 is 1.32 bits per heavy atom. The van der Waals surface area contributed by atoms with Crippen LogP contribution in [0.4, 0.5) is 18.9 Å². The summed E-state index contributed by atoms with van der Waals surface area (Å²) in [5.74, 6) is -0.0842. The van der Waals surface area contributed by atoms with Gasteiger partial charge in [-0.15, -0.1) is 4.40 Å². The molecule has 138 valence electrons. The zero-order chi connectivity index (χ0) is 18.8. The van der Waals surface area contributed by atoms with Crippen molar-refractivity contribution in [3.63, 3.8) is 0 Å². The largest absolute Gasteiger partial charge is 0.416 e. The molecule has 1 aliphatic rings. The first-order chi connectivity index (χ1) is 11.5. The van der Waals surface area contributed by atoms with E-state index in [0.717, 1.165) is 12.1 Å². The van der Waals surface area contributed by atoms with Gasteiger partial charge in [-0.25, -0.2) is 0 Å². The number of rotatable bonds is 5. The molecule has 6 nitrogen and oxygen atoms in total. The molecule has 2 rings (SSSR count). The smallest absolute Gasteiger partial charge is 0.356 e. The number of alkyl halides is 3. The maximum atomic E-state index is 12.8. The van der Waals surface area contributed by atoms with Crippen molar-refractivity contribution in [3.8, 4) is 0 Å². The van der Waals surface area contributed by atoms with E-state index in [9.17, 15) is 26.4 Å². The third-order valence-electron chi connectivity index (χ3n) is 3.39. The van der Waals surface area contributed by atoms with E-state index in [2.05, 4.69) is 15.0 Å². The van der Waals surface area contributed by atoms with Crippen molar-refractivity contribution in [1.29, 1.82) is 0 Å². The summed E-state index contributed by atoms with van der Waals surface area (Å²) in [6.45, 7) is 4.33. The van der Waals surface area contributed by atoms with E-state index in [1.165, 1.54) is 0 Å². The molecule has 0 saturated heterocycles. The van der Waals surface area contributed by atoms with Crippen molar-refractivity contribution >= 4 is 27.5 Å². The average molecular weight is 377 g/mol. The third kappa shape index (κ3) is 4.94. The van der Waals surface area contributed by atoms with Crippen LogP contribution in [0.25, 0.3) is 0 Å². The van der Waals surface area contributed by atoms with Crippen molar-refractivity contribution in [2.45, 2.75) is 37.8 Å². The fourth-order valence-electron chi connectivity index (χ4n) is 2.15. The Morgan fingerprint density at radius 3 is 2.60 bits per heavy atom. The van der Waals surface area contributed by atoms with E-state index >= 15 is 0 Å². The van der Waals surface area contributed by atoms with Gasteiger partial charge in [0, 0.05) is 19.4 Å². The van der Waals surface area contributed by atoms with Gasteiger partial charge in [0.25, 0.3) is 10.0 Å². The lowest BCUT2D eigenvalue weighted by Gasteiger charge is -2.19. The van der Waals surface area contributed by atoms with Crippen molar-refractivity contribution in [2.75, 3.05) is 11.9 Å². The fraction of sp³-hybridized carbons (Fsp3) is 0.467. The van der Waals surface area contributed by atoms with Crippen LogP contribution in [0.15, 0.2) is 27.5 Å². The van der Waals surface area contributed by atoms with E-state index in [1.807, 2.05) is 13.8 Å². The minimum Gasteiger partial charge on any atom is -0.356 e. The molecule has 1 aliphatic heterocycles. The Morgan fingerprint density at radius 2 is 2.00 bits per heavy atom. The van der Waals surface area contributed by atoms with Gasteiger partial charge in [0.2, 0.25) is 5.91 Å². The van der Waals surface area contributed by atoms with Crippen LogP contribution < -0.4 is 10.6 Å². The molecule has 0 spiro atoms. The van der Waals surface area contributed by atoms with Crippen molar-refractivity contribution in [1.82, 2.24) is 5.32 Å². The standard InChI is InChI=1S/C15H18F3N3O3S/c1-9(2)8-19-14(22)6-5-13-20-11-7-10(15(16,17)18)3-4-12(11)25(23,24)21-13/h3-4,7,9H,5-6,8H2,1-2H3,(H,19,22)(H,20,21). The first-order valence-corrected chi connectivity index (χ1v) is 9.02. The highest BCUT2D eigenvalue weighted by Crippen LogP contribution is 2.35. The Hall–Kier alpha value is -2.10. The highest BCUT2D eigenvalue weighted by Gasteiger charge is 2.33. The molecular formula is C15H18F3N3O3S. The number of benzene rings is 1. The Kier molecular flexibility index (Phi) is 5.40. The molecule has 10 heteroatoms. The van der Waals surface area contributed by atoms with E-state index in [4.69, 9.17) is 0 Å². The maximum absolute atomic E-state index is 12.8. The lowest BCUT2D eigenvalue weighted by Crippen LogP contribution is -2.29. The molecule has 0 fully saturated rings. The zero-order valence-corrected chi connectivity index (χ0v) is 14.5. The number of carbonyl (C=O) groups excluding carboxylic acids is 1. The highest BCUT2D eigenvalue weighted by molar-refractivity contribution is 7.90. The van der Waals surface area contributed by atoms with Gasteiger partial charge in [-0.1, -0.05) is 13.8 Å². The average Bonchev–Trinajstić information content (AvgIpc) is 2.48. The van der Waals surface area contributed by atoms with Crippen molar-refractivity contribution in [3.05, 3.63) is 23.8 Å². The molecule has 0 aromatic heterocycles. The Balaban J connectivity index is 2.15. The van der Waals surface area contributed by atoms with Crippen LogP contribution in [-0.4, -0.2) is 26.7 Å². The number of hydrogen-bond donors (Lipinski definition) is 2. The van der Waals surface area contributed by atoms with Crippen LogP contribution in [-0.2, 0) is 21.0 Å². The summed E-state index contributed by atoms with van der Waals surface area (Å²) in [6, 6.07) is 2.29. The van der Waals surface area contributed by atoms with Gasteiger partial charge < -0.3 is 10.6 Å². The predicted octanol–water partition coefficient (Wildman–Crippen LogP) is 2.77. The Labute approximate surface area is 143 Å². The molecule has 1 heterocycles. The number of carbonyl (C=O) groups is 1. The minimum absolute atomic E-state index is 0.0254. The predicted molar refractivity (Wildman–Crippen MR) is 86.8 cm³/mol. The number of amides is 1. The van der Waals surface area contributed by atoms with E-state index in [-0.39, 0.29) is 41.1 Å². The van der Waals surface area contributed by atoms with Crippen molar-refractivity contribution < 1.29 is 26.4 Å². The molecule has 0 atom stereocenters. The van der Waals surface area contributed by atoms with Gasteiger partial charge in [0.15, 0.2) is 0 Å². The number of fused-ring (bicyclic) bond motifs is 1. The zero-order valence-electron chi connectivity index (χ0n) is 13.6. The summed E-state index contributed by atoms with van der Waals surface area (Å²) in [4.78, 5) is 11.4. The minimum atomic E-state index is -4.59. The molecule has 2 N–H and O–H groups in total. The Bertz CT molecular complexity index is 802. The first-order valence-electron chi connectivity index (χ1n) is 7.58. The van der Waals surface area contributed by atoms with Crippen LogP contribution in [0.1, 0.15) is 32.3 Å². The van der Waals surface area contributed by atoms with E-state index < -0.39 is 21.8 Å². The summed E-state index contributed by atoms with van der Waals surface area (Å²) >= 11 is 0. The second-order valence-corrected chi connectivity index (χ2v) is 7.62. The second-order valence-electron chi connectivity index (χ2n) is 6.04. The van der Waals surface area contributed by atoms with Crippen LogP contribution in [0.5, 0.6) is 0 Å². The summed E-state index contributed by atoms with van der Waals surface area (Å²) in [7, 11) is -4.10. The molecule has 1 aromatic rings. The number of nitrogens with one attached hydrogen (secondary N) is 2. The first kappa shape index (κ1) is 19.2. The van der Waals surface area contributed by atoms with Gasteiger partial charge >= 0.3 is 6.18 Å². The SMILES string of the molecule is CC(C)CNC(=O)CCC1=NS(=O)(=O)c2ccc(C(F)(F)F)cc2N1. The maximum Gasteiger partial charge on any atom is 0.416 e. The highest BCUT2D eigenvalue weighted by atomic mass is 32.2. The third-order valence-corrected chi connectivity index (χ3v) is 4.76. The molecule has 0 radical (unpaired) electrons. The molecule has 1 aromatic carbocycles. The molecule has 0 bridgehead atoms. The molecule has 0 saturated carbocycles. The van der Waals surface area contributed by atoms with Crippen LogP contribution >= 0.6 is 0 Å². The monoisotopic (exact) mass is 377 g/mol. The molecule has 25 heavy (non-hydrogen) atoms. The molecule has 0 aliphatic carbocycles. The van der Waals surface area contributed by atoms with Crippen LogP contribution in [0, 0.1) is 5.92 Å². The number of amidine groups is 1. The van der Waals surface area contributed by atoms with Gasteiger partial charge in [-0.2, -0.15) is 21.6 Å². The lowest BCUT2D eigenvalue weighted by atomic mass is 10.1. The van der Waals surface area contributed by atoms with Crippen molar-refractivity contribution in [2.24, 2.45) is 10.3 Å². The van der Waals surface area contributed by atoms with Gasteiger partial charge in [-0.3, -0.25) is 4.79 Å². The number of sulfonamides is 1. The van der Waals surface area contributed by atoms with Crippen LogP contribution in [0.3, 0.4) is 0 Å². The molecular weight excluding hydrogens is 359 g/mol. The summed E-state index contributed by atoms with van der Waals surface area (Å²) in [5, 5.41) is 5.25. The van der Waals surface area contributed by atoms with E-state index in [0.29, 0.717) is 12.6 Å². The number of nitrogens with zero attached hydrogens (tertiary/aromatic N) is 1. The van der Waals surface area contributed by atoms with Gasteiger partial charge in [-0.05, 0) is 24.1 Å². The summed E-state index contributed by atoms with van der Waals surface area (Å²) in [6.07, 6.45) is -4.65. The quantitative estimate of drug-likeness (QED) is 0.826. The van der Waals surface area contributed by atoms with Crippen LogP contribution in [0.2, 0.25) is 0 Å². The number of halogens is 3. The topological polar surface area (TPSA) is 87.6 Å². The van der Waals surface area contributed by atoms with E-state index in [1.54, 1.807) is 0 Å². The lowest BCUT2D eigenvalue weighted by molar-refractivity contribution is -0.137. The number of hydrogen-bond acceptors (Lipinski definition) is 4. The van der Waals surface area contributed by atoms with Gasteiger partial charge in [0.05, 0.1) is 11.3 Å². The summed E-state index contributed by atoms with van der Waals surface area (Å²) < 4.78 is 66.1. The molecule has 0 unspecified atom stereocenters. The van der Waals surface area contributed by atoms with Gasteiger partial charge in [0.1, 0.15) is 10.7 Å². The normalized spacial score (nSPS) is 16.0.